The normalized spacial score (nSPS) is 25.9. The average molecular weight is 504 g/mol. The number of aliphatic hydroxyl groups is 2. The van der Waals surface area contributed by atoms with Crippen LogP contribution in [0, 0.1) is 6.92 Å². The maximum atomic E-state index is 12.4. The van der Waals surface area contributed by atoms with E-state index in [0.29, 0.717) is 49.7 Å². The Labute approximate surface area is 198 Å². The lowest BCUT2D eigenvalue weighted by Gasteiger charge is -2.31. The van der Waals surface area contributed by atoms with Gasteiger partial charge in [-0.15, -0.1) is 13.2 Å². The Morgan fingerprint density at radius 2 is 1.97 bits per heavy atom. The van der Waals surface area contributed by atoms with Gasteiger partial charge in [0.25, 0.3) is 0 Å². The Morgan fingerprint density at radius 1 is 1.26 bits per heavy atom. The van der Waals surface area contributed by atoms with E-state index in [2.05, 4.69) is 25.0 Å². The number of carbonyl (C=O) groups excluding carboxylic acids is 1. The number of ether oxygens (including phenoxy) is 3. The molecule has 15 heteroatoms. The molecule has 0 spiro atoms. The molecule has 0 unspecified atom stereocenters. The van der Waals surface area contributed by atoms with Crippen molar-refractivity contribution in [2.75, 3.05) is 31.6 Å². The summed E-state index contributed by atoms with van der Waals surface area (Å²) in [6.07, 6.45) is -8.39. The lowest BCUT2D eigenvalue weighted by molar-refractivity contribution is -0.333. The van der Waals surface area contributed by atoms with Gasteiger partial charge in [0.15, 0.2) is 23.2 Å². The van der Waals surface area contributed by atoms with E-state index in [1.165, 1.54) is 10.9 Å². The summed E-state index contributed by atoms with van der Waals surface area (Å²) < 4.78 is 52.8. The first-order chi connectivity index (χ1) is 16.6. The Morgan fingerprint density at radius 3 is 2.63 bits per heavy atom. The predicted octanol–water partition coefficient (Wildman–Crippen LogP) is 1.32. The van der Waals surface area contributed by atoms with Crippen LogP contribution in [-0.4, -0.2) is 97.7 Å². The van der Waals surface area contributed by atoms with Crippen molar-refractivity contribution < 1.29 is 42.4 Å². The van der Waals surface area contributed by atoms with Crippen molar-refractivity contribution in [2.24, 2.45) is 0 Å². The number of nitrogens with one attached hydrogen (secondary N) is 1. The van der Waals surface area contributed by atoms with Crippen LogP contribution >= 0.6 is 0 Å². The number of aromatic nitrogens is 4. The summed E-state index contributed by atoms with van der Waals surface area (Å²) in [5, 5.41) is 23.9. The molecule has 3 N–H and O–H groups in total. The highest BCUT2D eigenvalue weighted by Gasteiger charge is 2.46. The summed E-state index contributed by atoms with van der Waals surface area (Å²) in [5.41, 5.74) is 0.640. The lowest BCUT2D eigenvalue weighted by atomic mass is 10.1. The number of amides is 1. The number of anilines is 1. The van der Waals surface area contributed by atoms with Gasteiger partial charge in [0, 0.05) is 19.1 Å². The third-order valence-electron chi connectivity index (χ3n) is 5.92. The number of fused-ring (bicyclic) bond motifs is 1. The molecule has 194 valence electrons. The van der Waals surface area contributed by atoms with Crippen molar-refractivity contribution in [2.45, 2.75) is 63.6 Å². The molecule has 2 aromatic heterocycles. The van der Waals surface area contributed by atoms with E-state index in [1.54, 1.807) is 18.7 Å². The minimum atomic E-state index is -4.90. The molecule has 35 heavy (non-hydrogen) atoms. The number of rotatable bonds is 6. The maximum absolute atomic E-state index is 12.4. The van der Waals surface area contributed by atoms with Gasteiger partial charge in [-0.1, -0.05) is 0 Å². The van der Waals surface area contributed by atoms with Crippen LogP contribution in [0.1, 0.15) is 31.8 Å². The standard InChI is InChI=1S/C20H27F3N6O6/c1-3-33-19(32)28-6-4-11(5-7-28)27-16-13-17(26-10(2)25-16)29(9-24-13)18-15(31)14(30)12(35-18)8-34-20(21,22)23/h9,11-12,14-15,18,30-31H,3-8H2,1-2H3,(H,25,26,27)/t12-,14-,15-,18-/m1/s1. The zero-order valence-corrected chi connectivity index (χ0v) is 19.1. The number of likely N-dealkylation sites (tertiary alicyclic amines) is 1. The second-order valence-corrected chi connectivity index (χ2v) is 8.35. The number of imidazole rings is 1. The minimum Gasteiger partial charge on any atom is -0.450 e. The van der Waals surface area contributed by atoms with Crippen molar-refractivity contribution in [3.63, 3.8) is 0 Å². The van der Waals surface area contributed by atoms with E-state index in [9.17, 15) is 28.2 Å². The van der Waals surface area contributed by atoms with Crippen LogP contribution in [0.25, 0.3) is 11.2 Å². The molecule has 4 heterocycles. The molecule has 2 aromatic rings. The number of nitrogens with zero attached hydrogens (tertiary/aromatic N) is 5. The molecule has 2 saturated heterocycles. The number of carbonyl (C=O) groups is 1. The van der Waals surface area contributed by atoms with E-state index < -0.39 is 37.5 Å². The molecule has 12 nitrogen and oxygen atoms in total. The van der Waals surface area contributed by atoms with Crippen LogP contribution in [0.2, 0.25) is 0 Å². The first-order valence-electron chi connectivity index (χ1n) is 11.2. The first kappa shape index (κ1) is 25.3. The monoisotopic (exact) mass is 504 g/mol. The molecule has 4 rings (SSSR count). The summed E-state index contributed by atoms with van der Waals surface area (Å²) in [4.78, 5) is 26.6. The third kappa shape index (κ3) is 5.58. The van der Waals surface area contributed by atoms with Gasteiger partial charge in [0.1, 0.15) is 24.1 Å². The molecule has 2 aliphatic rings. The van der Waals surface area contributed by atoms with Gasteiger partial charge in [-0.2, -0.15) is 0 Å². The maximum Gasteiger partial charge on any atom is 0.522 e. The molecule has 0 aromatic carbocycles. The van der Waals surface area contributed by atoms with Crippen molar-refractivity contribution >= 4 is 23.1 Å². The Balaban J connectivity index is 1.49. The van der Waals surface area contributed by atoms with E-state index in [1.807, 2.05) is 0 Å². The lowest BCUT2D eigenvalue weighted by Crippen LogP contribution is -2.42. The topological polar surface area (TPSA) is 144 Å². The highest BCUT2D eigenvalue weighted by atomic mass is 19.4. The fraction of sp³-hybridized carbons (Fsp3) is 0.700. The first-order valence-corrected chi connectivity index (χ1v) is 11.2. The van der Waals surface area contributed by atoms with E-state index in [-0.39, 0.29) is 17.8 Å². The van der Waals surface area contributed by atoms with Crippen LogP contribution in [-0.2, 0) is 14.2 Å². The van der Waals surface area contributed by atoms with Gasteiger partial charge in [-0.3, -0.25) is 9.30 Å². The van der Waals surface area contributed by atoms with E-state index >= 15 is 0 Å². The minimum absolute atomic E-state index is 0.00219. The Hall–Kier alpha value is -2.75. The highest BCUT2D eigenvalue weighted by molar-refractivity contribution is 5.83. The summed E-state index contributed by atoms with van der Waals surface area (Å²) in [6, 6.07) is 0.00219. The number of aliphatic hydroxyl groups excluding tert-OH is 2. The molecular weight excluding hydrogens is 477 g/mol. The molecule has 1 amide bonds. The van der Waals surface area contributed by atoms with Gasteiger partial charge in [0.05, 0.1) is 19.5 Å². The van der Waals surface area contributed by atoms with Crippen LogP contribution in [0.5, 0.6) is 0 Å². The average Bonchev–Trinajstić information content (AvgIpc) is 3.33. The molecule has 0 aliphatic carbocycles. The van der Waals surface area contributed by atoms with Gasteiger partial charge < -0.3 is 29.9 Å². The van der Waals surface area contributed by atoms with Crippen LogP contribution in [0.3, 0.4) is 0 Å². The smallest absolute Gasteiger partial charge is 0.450 e. The molecule has 0 bridgehead atoms. The van der Waals surface area contributed by atoms with Gasteiger partial charge in [-0.25, -0.2) is 19.7 Å². The van der Waals surface area contributed by atoms with Crippen LogP contribution in [0.15, 0.2) is 6.33 Å². The number of piperidine rings is 1. The highest BCUT2D eigenvalue weighted by Crippen LogP contribution is 2.34. The number of hydrogen-bond donors (Lipinski definition) is 3. The Kier molecular flexibility index (Phi) is 7.30. The molecule has 2 fully saturated rings. The second kappa shape index (κ2) is 10.1. The van der Waals surface area contributed by atoms with Crippen molar-refractivity contribution in [1.82, 2.24) is 24.4 Å². The third-order valence-corrected chi connectivity index (χ3v) is 5.92. The van der Waals surface area contributed by atoms with Crippen molar-refractivity contribution in [3.05, 3.63) is 12.2 Å². The van der Waals surface area contributed by atoms with Gasteiger partial charge >= 0.3 is 12.5 Å². The molecule has 0 radical (unpaired) electrons. The molecular formula is C20H27F3N6O6. The molecule has 0 saturated carbocycles. The summed E-state index contributed by atoms with van der Waals surface area (Å²) in [6.45, 7) is 3.77. The summed E-state index contributed by atoms with van der Waals surface area (Å²) in [5.74, 6) is 0.821. The van der Waals surface area contributed by atoms with Crippen molar-refractivity contribution in [1.29, 1.82) is 0 Å². The second-order valence-electron chi connectivity index (χ2n) is 8.35. The quantitative estimate of drug-likeness (QED) is 0.527. The fourth-order valence-corrected chi connectivity index (χ4v) is 4.20. The van der Waals surface area contributed by atoms with Gasteiger partial charge in [-0.05, 0) is 26.7 Å². The molecule has 4 atom stereocenters. The number of hydrogen-bond acceptors (Lipinski definition) is 10. The SMILES string of the molecule is CCOC(=O)N1CCC(Nc2nc(C)nc3c2ncn3[C@@H]2O[C@H](COC(F)(F)F)[C@@H](O)[C@H]2O)CC1. The number of halogens is 3. The number of aryl methyl sites for hydroxylation is 1. The molecule has 2 aliphatic heterocycles. The summed E-state index contributed by atoms with van der Waals surface area (Å²) >= 11 is 0. The van der Waals surface area contributed by atoms with Gasteiger partial charge in [0.2, 0.25) is 0 Å². The zero-order valence-electron chi connectivity index (χ0n) is 19.1. The Bertz CT molecular complexity index is 1040. The van der Waals surface area contributed by atoms with Crippen LogP contribution in [0.4, 0.5) is 23.8 Å². The predicted molar refractivity (Wildman–Crippen MR) is 113 cm³/mol. The van der Waals surface area contributed by atoms with E-state index in [4.69, 9.17) is 9.47 Å². The zero-order chi connectivity index (χ0) is 25.3. The largest absolute Gasteiger partial charge is 0.522 e. The van der Waals surface area contributed by atoms with E-state index in [0.717, 1.165) is 0 Å². The fourth-order valence-electron chi connectivity index (χ4n) is 4.20. The van der Waals surface area contributed by atoms with Crippen molar-refractivity contribution in [3.8, 4) is 0 Å². The summed E-state index contributed by atoms with van der Waals surface area (Å²) in [7, 11) is 0. The van der Waals surface area contributed by atoms with Crippen LogP contribution < -0.4 is 5.32 Å². The number of alkyl halides is 3.